The zero-order chi connectivity index (χ0) is 13.0. The second-order valence-electron chi connectivity index (χ2n) is 3.57. The summed E-state index contributed by atoms with van der Waals surface area (Å²) in [5.74, 6) is 1.44. The van der Waals surface area contributed by atoms with Gasteiger partial charge in [-0.25, -0.2) is 0 Å². The normalized spacial score (nSPS) is 9.83. The van der Waals surface area contributed by atoms with Crippen LogP contribution in [0.3, 0.4) is 0 Å². The lowest BCUT2D eigenvalue weighted by Gasteiger charge is -2.10. The number of rotatable bonds is 4. The summed E-state index contributed by atoms with van der Waals surface area (Å²) < 4.78 is 11.5. The first-order chi connectivity index (χ1) is 8.74. The third-order valence-corrected chi connectivity index (χ3v) is 3.17. The molecule has 0 saturated heterocycles. The topological polar surface area (TPSA) is 58.2 Å². The van der Waals surface area contributed by atoms with E-state index in [1.807, 2.05) is 12.1 Å². The minimum Gasteiger partial charge on any atom is -0.495 e. The van der Waals surface area contributed by atoms with Gasteiger partial charge in [-0.2, -0.15) is 5.26 Å². The van der Waals surface area contributed by atoms with E-state index in [-0.39, 0.29) is 0 Å². The number of hydrogen-bond donors (Lipinski definition) is 1. The summed E-state index contributed by atoms with van der Waals surface area (Å²) in [6.45, 7) is 0.538. The van der Waals surface area contributed by atoms with Crippen molar-refractivity contribution in [2.75, 3.05) is 12.4 Å². The zero-order valence-corrected chi connectivity index (χ0v) is 11.3. The van der Waals surface area contributed by atoms with Crippen LogP contribution in [0, 0.1) is 11.3 Å². The molecular weight excluding hydrogens is 296 g/mol. The van der Waals surface area contributed by atoms with Gasteiger partial charge in [0.15, 0.2) is 0 Å². The van der Waals surface area contributed by atoms with Gasteiger partial charge in [-0.05, 0) is 34.1 Å². The number of ether oxygens (including phenoxy) is 1. The molecular formula is C13H11BrN2O2. The molecule has 0 saturated carbocycles. The summed E-state index contributed by atoms with van der Waals surface area (Å²) in [7, 11) is 1.57. The Morgan fingerprint density at radius 3 is 2.89 bits per heavy atom. The maximum atomic E-state index is 8.82. The number of benzene rings is 1. The number of nitriles is 1. The molecule has 18 heavy (non-hydrogen) atoms. The summed E-state index contributed by atoms with van der Waals surface area (Å²) in [6.07, 6.45) is 1.62. The fourth-order valence-electron chi connectivity index (χ4n) is 1.53. The minimum absolute atomic E-state index is 0.538. The molecule has 0 aliphatic heterocycles. The molecule has 0 unspecified atom stereocenters. The van der Waals surface area contributed by atoms with E-state index in [0.717, 1.165) is 15.9 Å². The summed E-state index contributed by atoms with van der Waals surface area (Å²) in [4.78, 5) is 0. The van der Waals surface area contributed by atoms with Crippen LogP contribution in [0.2, 0.25) is 0 Å². The largest absolute Gasteiger partial charge is 0.495 e. The second-order valence-corrected chi connectivity index (χ2v) is 4.43. The highest BCUT2D eigenvalue weighted by molar-refractivity contribution is 9.10. The number of hydrogen-bond acceptors (Lipinski definition) is 4. The van der Waals surface area contributed by atoms with Crippen molar-refractivity contribution in [1.29, 1.82) is 5.26 Å². The Morgan fingerprint density at radius 1 is 1.44 bits per heavy atom. The van der Waals surface area contributed by atoms with Gasteiger partial charge in [0.05, 0.1) is 41.7 Å². The van der Waals surface area contributed by atoms with E-state index >= 15 is 0 Å². The van der Waals surface area contributed by atoms with E-state index < -0.39 is 0 Å². The van der Waals surface area contributed by atoms with Gasteiger partial charge in [0, 0.05) is 6.07 Å². The molecule has 0 amide bonds. The van der Waals surface area contributed by atoms with Gasteiger partial charge in [0.25, 0.3) is 0 Å². The van der Waals surface area contributed by atoms with Crippen LogP contribution in [0.4, 0.5) is 5.69 Å². The smallest absolute Gasteiger partial charge is 0.143 e. The number of nitrogens with zero attached hydrogens (tertiary/aromatic N) is 1. The molecule has 0 radical (unpaired) electrons. The van der Waals surface area contributed by atoms with Crippen molar-refractivity contribution in [3.05, 3.63) is 46.3 Å². The van der Waals surface area contributed by atoms with Crippen LogP contribution in [-0.2, 0) is 6.54 Å². The van der Waals surface area contributed by atoms with Crippen molar-refractivity contribution < 1.29 is 9.15 Å². The number of halogens is 1. The minimum atomic E-state index is 0.538. The van der Waals surface area contributed by atoms with Crippen LogP contribution in [-0.4, -0.2) is 7.11 Å². The van der Waals surface area contributed by atoms with Crippen LogP contribution in [0.15, 0.2) is 39.4 Å². The quantitative estimate of drug-likeness (QED) is 0.938. The van der Waals surface area contributed by atoms with Gasteiger partial charge >= 0.3 is 0 Å². The molecule has 2 aromatic rings. The highest BCUT2D eigenvalue weighted by Crippen LogP contribution is 2.27. The van der Waals surface area contributed by atoms with Crippen LogP contribution < -0.4 is 10.1 Å². The fraction of sp³-hybridized carbons (Fsp3) is 0.154. The third-order valence-electron chi connectivity index (χ3n) is 2.46. The first-order valence-corrected chi connectivity index (χ1v) is 6.07. The molecule has 1 aromatic carbocycles. The molecule has 0 spiro atoms. The lowest BCUT2D eigenvalue weighted by molar-refractivity contribution is 0.416. The Bertz CT molecular complexity index is 587. The highest BCUT2D eigenvalue weighted by Gasteiger charge is 2.07. The fourth-order valence-corrected chi connectivity index (χ4v) is 1.88. The van der Waals surface area contributed by atoms with Gasteiger partial charge in [-0.15, -0.1) is 0 Å². The van der Waals surface area contributed by atoms with E-state index in [4.69, 9.17) is 14.4 Å². The molecule has 0 bridgehead atoms. The lowest BCUT2D eigenvalue weighted by Crippen LogP contribution is -2.01. The van der Waals surface area contributed by atoms with Crippen molar-refractivity contribution in [2.24, 2.45) is 0 Å². The third kappa shape index (κ3) is 2.66. The Morgan fingerprint density at radius 2 is 2.28 bits per heavy atom. The average Bonchev–Trinajstić information content (AvgIpc) is 2.81. The first-order valence-electron chi connectivity index (χ1n) is 5.28. The number of furan rings is 1. The maximum absolute atomic E-state index is 8.82. The summed E-state index contributed by atoms with van der Waals surface area (Å²) in [5.41, 5.74) is 1.39. The standard InChI is InChI=1S/C13H11BrN2O2/c1-17-12-6-9(7-15)2-3-11(12)16-8-13-10(14)4-5-18-13/h2-6,16H,8H2,1H3. The van der Waals surface area contributed by atoms with Gasteiger partial charge < -0.3 is 14.5 Å². The van der Waals surface area contributed by atoms with Gasteiger partial charge in [0.2, 0.25) is 0 Å². The van der Waals surface area contributed by atoms with Crippen molar-refractivity contribution in [2.45, 2.75) is 6.54 Å². The summed E-state index contributed by atoms with van der Waals surface area (Å²) in [5, 5.41) is 12.0. The van der Waals surface area contributed by atoms with Crippen LogP contribution in [0.25, 0.3) is 0 Å². The lowest BCUT2D eigenvalue weighted by atomic mass is 10.2. The van der Waals surface area contributed by atoms with E-state index in [9.17, 15) is 0 Å². The van der Waals surface area contributed by atoms with Crippen LogP contribution in [0.5, 0.6) is 5.75 Å². The molecule has 0 aliphatic rings. The molecule has 4 nitrogen and oxygen atoms in total. The number of methoxy groups -OCH3 is 1. The van der Waals surface area contributed by atoms with Crippen molar-refractivity contribution in [3.8, 4) is 11.8 Å². The molecule has 1 aromatic heterocycles. The summed E-state index contributed by atoms with van der Waals surface area (Å²) >= 11 is 3.39. The molecule has 0 aliphatic carbocycles. The Labute approximate surface area is 113 Å². The number of anilines is 1. The maximum Gasteiger partial charge on any atom is 0.143 e. The van der Waals surface area contributed by atoms with Crippen LogP contribution in [0.1, 0.15) is 11.3 Å². The average molecular weight is 307 g/mol. The van der Waals surface area contributed by atoms with Gasteiger partial charge in [-0.3, -0.25) is 0 Å². The molecule has 92 valence electrons. The highest BCUT2D eigenvalue weighted by atomic mass is 79.9. The van der Waals surface area contributed by atoms with Crippen LogP contribution >= 0.6 is 15.9 Å². The van der Waals surface area contributed by atoms with Gasteiger partial charge in [-0.1, -0.05) is 0 Å². The Balaban J connectivity index is 2.15. The SMILES string of the molecule is COc1cc(C#N)ccc1NCc1occc1Br. The van der Waals surface area contributed by atoms with E-state index in [0.29, 0.717) is 17.9 Å². The van der Waals surface area contributed by atoms with Crippen molar-refractivity contribution in [3.63, 3.8) is 0 Å². The predicted molar refractivity (Wildman–Crippen MR) is 71.4 cm³/mol. The first kappa shape index (κ1) is 12.5. The molecule has 1 N–H and O–H groups in total. The van der Waals surface area contributed by atoms with Crippen molar-refractivity contribution >= 4 is 21.6 Å². The molecule has 0 atom stereocenters. The van der Waals surface area contributed by atoms with Crippen molar-refractivity contribution in [1.82, 2.24) is 0 Å². The zero-order valence-electron chi connectivity index (χ0n) is 9.74. The number of nitrogens with one attached hydrogen (secondary N) is 1. The summed E-state index contributed by atoms with van der Waals surface area (Å²) in [6, 6.07) is 9.16. The molecule has 2 rings (SSSR count). The predicted octanol–water partition coefficient (Wildman–Crippen LogP) is 3.53. The van der Waals surface area contributed by atoms with E-state index in [1.165, 1.54) is 0 Å². The molecule has 0 fully saturated rings. The van der Waals surface area contributed by atoms with E-state index in [2.05, 4.69) is 27.3 Å². The second kappa shape index (κ2) is 5.61. The van der Waals surface area contributed by atoms with Gasteiger partial charge in [0.1, 0.15) is 11.5 Å². The van der Waals surface area contributed by atoms with E-state index in [1.54, 1.807) is 25.5 Å². The molecule has 1 heterocycles. The monoisotopic (exact) mass is 306 g/mol. The Kier molecular flexibility index (Phi) is 3.90. The molecule has 5 heteroatoms. The Hall–Kier alpha value is -1.93.